The maximum atomic E-state index is 12.4. The van der Waals surface area contributed by atoms with Gasteiger partial charge in [0.2, 0.25) is 0 Å². The smallest absolute Gasteiger partial charge is 0.478 e. The van der Waals surface area contributed by atoms with Gasteiger partial charge in [-0.15, -0.1) is 0 Å². The number of hydrogen-bond acceptors (Lipinski definition) is 4. The van der Waals surface area contributed by atoms with Gasteiger partial charge in [-0.3, -0.25) is 4.79 Å². The predicted octanol–water partition coefficient (Wildman–Crippen LogP) is 5.56. The van der Waals surface area contributed by atoms with Gasteiger partial charge in [-0.1, -0.05) is 48.0 Å². The van der Waals surface area contributed by atoms with Gasteiger partial charge < -0.3 is 20.4 Å². The lowest BCUT2D eigenvalue weighted by Gasteiger charge is -2.22. The van der Waals surface area contributed by atoms with Gasteiger partial charge in [0.15, 0.2) is 0 Å². The predicted molar refractivity (Wildman–Crippen MR) is 125 cm³/mol. The number of nitrogens with one attached hydrogen (secondary N) is 1. The first-order chi connectivity index (χ1) is 16.4. The van der Waals surface area contributed by atoms with Crippen LogP contribution in [0.1, 0.15) is 26.3 Å². The number of carboxylic acids is 2. The first-order valence-electron chi connectivity index (χ1n) is 9.88. The summed E-state index contributed by atoms with van der Waals surface area (Å²) < 4.78 is 31.7. The lowest BCUT2D eigenvalue weighted by atomic mass is 10.1. The molecule has 0 aliphatic heterocycles. The van der Waals surface area contributed by atoms with E-state index in [0.717, 1.165) is 5.56 Å². The van der Waals surface area contributed by atoms with Gasteiger partial charge in [0.1, 0.15) is 0 Å². The summed E-state index contributed by atoms with van der Waals surface area (Å²) >= 11 is 5.92. The second-order valence-corrected chi connectivity index (χ2v) is 7.58. The minimum atomic E-state index is -5.08. The van der Waals surface area contributed by atoms with Crippen molar-refractivity contribution in [1.82, 2.24) is 0 Å². The highest BCUT2D eigenvalue weighted by Gasteiger charge is 2.38. The molecule has 0 fully saturated rings. The molecule has 35 heavy (non-hydrogen) atoms. The average Bonchev–Trinajstić information content (AvgIpc) is 2.79. The molecular formula is C24H20ClF3N2O5. The third-order valence-corrected chi connectivity index (χ3v) is 4.72. The van der Waals surface area contributed by atoms with Gasteiger partial charge in [0.25, 0.3) is 5.91 Å². The molecule has 3 aromatic carbocycles. The first kappa shape index (κ1) is 27.2. The van der Waals surface area contributed by atoms with Gasteiger partial charge in [0.05, 0.1) is 11.3 Å². The van der Waals surface area contributed by atoms with Crippen LogP contribution in [-0.4, -0.2) is 41.3 Å². The summed E-state index contributed by atoms with van der Waals surface area (Å²) in [6.07, 6.45) is -5.08. The fourth-order valence-electron chi connectivity index (χ4n) is 2.89. The van der Waals surface area contributed by atoms with E-state index < -0.39 is 18.1 Å². The number of nitrogens with zero attached hydrogens (tertiary/aromatic N) is 1. The number of rotatable bonds is 6. The number of carbonyl (C=O) groups excluding carboxylic acids is 1. The zero-order chi connectivity index (χ0) is 26.2. The molecule has 0 aromatic heterocycles. The number of halogens is 4. The maximum absolute atomic E-state index is 12.4. The highest BCUT2D eigenvalue weighted by atomic mass is 35.5. The molecule has 3 rings (SSSR count). The Morgan fingerprint density at radius 2 is 1.57 bits per heavy atom. The van der Waals surface area contributed by atoms with Gasteiger partial charge in [-0.05, 0) is 42.0 Å². The summed E-state index contributed by atoms with van der Waals surface area (Å²) in [4.78, 5) is 34.9. The summed E-state index contributed by atoms with van der Waals surface area (Å²) in [6.45, 7) is 0.565. The largest absolute Gasteiger partial charge is 0.490 e. The van der Waals surface area contributed by atoms with Crippen LogP contribution in [0.2, 0.25) is 5.02 Å². The average molecular weight is 509 g/mol. The molecule has 0 saturated carbocycles. The van der Waals surface area contributed by atoms with Crippen LogP contribution in [0.15, 0.2) is 72.8 Å². The molecule has 1 amide bonds. The fourth-order valence-corrected chi connectivity index (χ4v) is 3.08. The molecule has 0 bridgehead atoms. The molecule has 11 heteroatoms. The Hall–Kier alpha value is -4.05. The van der Waals surface area contributed by atoms with Gasteiger partial charge in [-0.25, -0.2) is 9.59 Å². The Morgan fingerprint density at radius 1 is 0.943 bits per heavy atom. The van der Waals surface area contributed by atoms with E-state index in [9.17, 15) is 27.9 Å². The van der Waals surface area contributed by atoms with Crippen molar-refractivity contribution < 1.29 is 37.8 Å². The van der Waals surface area contributed by atoms with E-state index in [1.165, 1.54) is 6.07 Å². The van der Waals surface area contributed by atoms with Crippen molar-refractivity contribution in [3.05, 3.63) is 94.5 Å². The molecule has 0 spiro atoms. The van der Waals surface area contributed by atoms with E-state index in [4.69, 9.17) is 21.5 Å². The van der Waals surface area contributed by atoms with Crippen LogP contribution in [0.3, 0.4) is 0 Å². The highest BCUT2D eigenvalue weighted by Crippen LogP contribution is 2.25. The second kappa shape index (κ2) is 11.9. The van der Waals surface area contributed by atoms with Gasteiger partial charge in [0, 0.05) is 29.9 Å². The standard InChI is InChI=1S/C22H19ClN2O3.C2HF3O2/c1-25(14-15-6-3-2-4-7-15)20-11-10-18(13-19(20)22(27)28)24-21(26)16-8-5-9-17(23)12-16;3-2(4,5)1(6)7/h2-13H,14H2,1H3,(H,24,26)(H,27,28);(H,6,7). The van der Waals surface area contributed by atoms with E-state index in [1.54, 1.807) is 36.4 Å². The maximum Gasteiger partial charge on any atom is 0.490 e. The number of aromatic carboxylic acids is 1. The Kier molecular flexibility index (Phi) is 9.24. The summed E-state index contributed by atoms with van der Waals surface area (Å²) in [6, 6.07) is 21.2. The van der Waals surface area contributed by atoms with E-state index in [0.29, 0.717) is 28.5 Å². The summed E-state index contributed by atoms with van der Waals surface area (Å²) in [5, 5.41) is 19.9. The minimum Gasteiger partial charge on any atom is -0.478 e. The van der Waals surface area contributed by atoms with Crippen molar-refractivity contribution in [2.75, 3.05) is 17.3 Å². The van der Waals surface area contributed by atoms with Crippen LogP contribution in [0.4, 0.5) is 24.5 Å². The van der Waals surface area contributed by atoms with Crippen LogP contribution < -0.4 is 10.2 Å². The summed E-state index contributed by atoms with van der Waals surface area (Å²) in [7, 11) is 1.83. The molecule has 0 aliphatic carbocycles. The van der Waals surface area contributed by atoms with Gasteiger partial charge >= 0.3 is 18.1 Å². The van der Waals surface area contributed by atoms with Crippen LogP contribution >= 0.6 is 11.6 Å². The van der Waals surface area contributed by atoms with E-state index in [2.05, 4.69) is 5.32 Å². The number of amides is 1. The topological polar surface area (TPSA) is 107 Å². The number of alkyl halides is 3. The lowest BCUT2D eigenvalue weighted by Crippen LogP contribution is -2.21. The third-order valence-electron chi connectivity index (χ3n) is 4.49. The Bertz CT molecular complexity index is 1200. The van der Waals surface area contributed by atoms with Crippen molar-refractivity contribution >= 4 is 40.8 Å². The van der Waals surface area contributed by atoms with Crippen molar-refractivity contribution in [2.45, 2.75) is 12.7 Å². The molecule has 3 aromatic rings. The SMILES string of the molecule is CN(Cc1ccccc1)c1ccc(NC(=O)c2cccc(Cl)c2)cc1C(=O)O.O=C(O)C(F)(F)F. The van der Waals surface area contributed by atoms with Crippen LogP contribution in [0, 0.1) is 0 Å². The number of anilines is 2. The Balaban J connectivity index is 0.000000540. The number of carboxylic acid groups (broad SMARTS) is 2. The summed E-state index contributed by atoms with van der Waals surface area (Å²) in [5.41, 5.74) is 2.55. The molecule has 0 radical (unpaired) electrons. The number of benzene rings is 3. The Morgan fingerprint density at radius 3 is 2.11 bits per heavy atom. The number of carbonyl (C=O) groups is 3. The van der Waals surface area contributed by atoms with Crippen LogP contribution in [0.5, 0.6) is 0 Å². The lowest BCUT2D eigenvalue weighted by molar-refractivity contribution is -0.192. The zero-order valence-corrected chi connectivity index (χ0v) is 19.0. The summed E-state index contributed by atoms with van der Waals surface area (Å²) in [5.74, 6) is -4.18. The monoisotopic (exact) mass is 508 g/mol. The minimum absolute atomic E-state index is 0.113. The van der Waals surface area contributed by atoms with E-state index in [1.807, 2.05) is 42.3 Å². The zero-order valence-electron chi connectivity index (χ0n) is 18.2. The molecule has 3 N–H and O–H groups in total. The van der Waals surface area contributed by atoms with Gasteiger partial charge in [-0.2, -0.15) is 13.2 Å². The quantitative estimate of drug-likeness (QED) is 0.402. The Labute approximate surface area is 203 Å². The van der Waals surface area contributed by atoms with Crippen molar-refractivity contribution in [1.29, 1.82) is 0 Å². The molecule has 0 atom stereocenters. The molecule has 0 unspecified atom stereocenters. The van der Waals surface area contributed by atoms with E-state index >= 15 is 0 Å². The molecule has 184 valence electrons. The number of hydrogen-bond donors (Lipinski definition) is 3. The molecular weight excluding hydrogens is 489 g/mol. The molecule has 0 heterocycles. The normalized spacial score (nSPS) is 10.5. The van der Waals surface area contributed by atoms with Crippen LogP contribution in [-0.2, 0) is 11.3 Å². The molecule has 7 nitrogen and oxygen atoms in total. The first-order valence-corrected chi connectivity index (χ1v) is 10.3. The third kappa shape index (κ3) is 8.35. The molecule has 0 saturated heterocycles. The second-order valence-electron chi connectivity index (χ2n) is 7.15. The van der Waals surface area contributed by atoms with Crippen molar-refractivity contribution in [3.8, 4) is 0 Å². The van der Waals surface area contributed by atoms with Crippen molar-refractivity contribution in [2.24, 2.45) is 0 Å². The highest BCUT2D eigenvalue weighted by molar-refractivity contribution is 6.31. The number of aliphatic carboxylic acids is 1. The van der Waals surface area contributed by atoms with Crippen molar-refractivity contribution in [3.63, 3.8) is 0 Å². The fraction of sp³-hybridized carbons (Fsp3) is 0.125. The molecule has 0 aliphatic rings. The van der Waals surface area contributed by atoms with Crippen LogP contribution in [0.25, 0.3) is 0 Å². The van der Waals surface area contributed by atoms with E-state index in [-0.39, 0.29) is 11.5 Å².